The van der Waals surface area contributed by atoms with E-state index in [2.05, 4.69) is 0 Å². The van der Waals surface area contributed by atoms with Crippen molar-refractivity contribution in [3.63, 3.8) is 0 Å². The summed E-state index contributed by atoms with van der Waals surface area (Å²) in [5.74, 6) is -1.81. The summed E-state index contributed by atoms with van der Waals surface area (Å²) in [4.78, 5) is 27.3. The second-order valence-corrected chi connectivity index (χ2v) is 6.79. The van der Waals surface area contributed by atoms with Gasteiger partial charge in [-0.05, 0) is 29.8 Å². The van der Waals surface area contributed by atoms with Crippen molar-refractivity contribution in [2.75, 3.05) is 12.0 Å². The lowest BCUT2D eigenvalue weighted by Crippen LogP contribution is -2.29. The maximum absolute atomic E-state index is 13.5. The Kier molecular flexibility index (Phi) is 5.06. The van der Waals surface area contributed by atoms with Crippen molar-refractivity contribution in [3.8, 4) is 5.75 Å². The smallest absolute Gasteiger partial charge is 0.300 e. The van der Waals surface area contributed by atoms with Crippen molar-refractivity contribution in [1.82, 2.24) is 0 Å². The molecule has 1 aliphatic heterocycles. The lowest BCUT2D eigenvalue weighted by molar-refractivity contribution is -0.132. The number of rotatable bonds is 4. The van der Waals surface area contributed by atoms with Crippen LogP contribution in [0.15, 0.2) is 84.4 Å². The molecule has 1 aliphatic rings. The van der Waals surface area contributed by atoms with Crippen molar-refractivity contribution >= 4 is 23.1 Å². The average molecular weight is 403 g/mol. The Morgan fingerprint density at radius 3 is 2.33 bits per heavy atom. The Bertz CT molecular complexity index is 1140. The lowest BCUT2D eigenvalue weighted by Gasteiger charge is -2.25. The van der Waals surface area contributed by atoms with Crippen LogP contribution in [-0.2, 0) is 9.59 Å². The molecule has 0 spiro atoms. The van der Waals surface area contributed by atoms with Crippen molar-refractivity contribution in [1.29, 1.82) is 0 Å². The van der Waals surface area contributed by atoms with Crippen LogP contribution in [0.1, 0.15) is 17.2 Å². The largest absolute Gasteiger partial charge is 0.507 e. The predicted octanol–water partition coefficient (Wildman–Crippen LogP) is 4.46. The second-order valence-electron chi connectivity index (χ2n) is 6.79. The highest BCUT2D eigenvalue weighted by molar-refractivity contribution is 6.51. The fraction of sp³-hybridized carbons (Fsp3) is 0.0833. The minimum Gasteiger partial charge on any atom is -0.507 e. The molecule has 0 aromatic heterocycles. The molecular formula is C24H18FNO4. The maximum atomic E-state index is 13.5. The topological polar surface area (TPSA) is 66.8 Å². The molecule has 3 aromatic rings. The SMILES string of the molecule is COc1cccc(N2C(=O)C(=O)/C(=C(/O)c3ccccc3)[C@H]2c2ccc(F)cc2)c1. The summed E-state index contributed by atoms with van der Waals surface area (Å²) in [5.41, 5.74) is 1.28. The maximum Gasteiger partial charge on any atom is 0.300 e. The summed E-state index contributed by atoms with van der Waals surface area (Å²) in [5, 5.41) is 10.9. The van der Waals surface area contributed by atoms with Crippen LogP contribution in [-0.4, -0.2) is 23.9 Å². The Labute approximate surface area is 172 Å². The standard InChI is InChI=1S/C24H18FNO4/c1-30-19-9-5-8-18(14-19)26-21(15-10-12-17(25)13-11-15)20(23(28)24(26)29)22(27)16-6-3-2-4-7-16/h2-14,21,27H,1H3/b22-20+/t21-/m1/s1. The average Bonchev–Trinajstić information content (AvgIpc) is 3.05. The first-order chi connectivity index (χ1) is 14.5. The molecule has 1 amide bonds. The summed E-state index contributed by atoms with van der Waals surface area (Å²) in [6.45, 7) is 0. The van der Waals surface area contributed by atoms with Gasteiger partial charge in [0.05, 0.1) is 18.7 Å². The van der Waals surface area contributed by atoms with Crippen molar-refractivity contribution < 1.29 is 23.8 Å². The number of anilines is 1. The third-order valence-electron chi connectivity index (χ3n) is 5.01. The molecule has 0 radical (unpaired) electrons. The van der Waals surface area contributed by atoms with E-state index in [0.29, 0.717) is 22.6 Å². The van der Waals surface area contributed by atoms with E-state index in [1.165, 1.54) is 36.3 Å². The van der Waals surface area contributed by atoms with Gasteiger partial charge in [-0.15, -0.1) is 0 Å². The molecule has 0 bridgehead atoms. The van der Waals surface area contributed by atoms with E-state index >= 15 is 0 Å². The second kappa shape index (κ2) is 7.83. The molecule has 1 N–H and O–H groups in total. The molecule has 1 heterocycles. The molecule has 0 aliphatic carbocycles. The minimum atomic E-state index is -0.919. The van der Waals surface area contributed by atoms with Crippen LogP contribution in [0, 0.1) is 5.82 Å². The molecule has 5 nitrogen and oxygen atoms in total. The molecule has 1 atom stereocenters. The van der Waals surface area contributed by atoms with E-state index in [1.807, 2.05) is 0 Å². The summed E-state index contributed by atoms with van der Waals surface area (Å²) >= 11 is 0. The first kappa shape index (κ1) is 19.4. The summed E-state index contributed by atoms with van der Waals surface area (Å²) < 4.78 is 18.8. The number of halogens is 1. The normalized spacial score (nSPS) is 17.9. The monoisotopic (exact) mass is 403 g/mol. The van der Waals surface area contributed by atoms with Gasteiger partial charge < -0.3 is 9.84 Å². The minimum absolute atomic E-state index is 0.0550. The Balaban J connectivity index is 1.94. The number of Topliss-reactive ketones (excluding diaryl/α,β-unsaturated/α-hetero) is 1. The molecule has 150 valence electrons. The molecule has 0 saturated carbocycles. The van der Waals surface area contributed by atoms with Crippen molar-refractivity contribution in [2.24, 2.45) is 0 Å². The molecule has 4 rings (SSSR count). The number of carbonyl (C=O) groups is 2. The predicted molar refractivity (Wildman–Crippen MR) is 111 cm³/mol. The number of aliphatic hydroxyl groups excluding tert-OH is 1. The van der Waals surface area contributed by atoms with Crippen LogP contribution in [0.25, 0.3) is 5.76 Å². The van der Waals surface area contributed by atoms with Gasteiger partial charge in [0.25, 0.3) is 11.7 Å². The number of benzene rings is 3. The van der Waals surface area contributed by atoms with E-state index in [-0.39, 0.29) is 11.3 Å². The number of ketones is 1. The number of hydrogen-bond donors (Lipinski definition) is 1. The van der Waals surface area contributed by atoms with Crippen LogP contribution in [0.3, 0.4) is 0 Å². The molecule has 30 heavy (non-hydrogen) atoms. The first-order valence-corrected chi connectivity index (χ1v) is 9.27. The number of aliphatic hydroxyl groups is 1. The summed E-state index contributed by atoms with van der Waals surface area (Å²) in [6, 6.07) is 19.8. The summed E-state index contributed by atoms with van der Waals surface area (Å²) in [7, 11) is 1.50. The van der Waals surface area contributed by atoms with Crippen LogP contribution < -0.4 is 9.64 Å². The Hall–Kier alpha value is -3.93. The van der Waals surface area contributed by atoms with Crippen molar-refractivity contribution in [2.45, 2.75) is 6.04 Å². The molecule has 1 fully saturated rings. The number of hydrogen-bond acceptors (Lipinski definition) is 4. The molecule has 3 aromatic carbocycles. The van der Waals surface area contributed by atoms with Gasteiger partial charge in [0.2, 0.25) is 0 Å². The van der Waals surface area contributed by atoms with Gasteiger partial charge in [-0.3, -0.25) is 14.5 Å². The number of ether oxygens (including phenoxy) is 1. The van der Waals surface area contributed by atoms with Gasteiger partial charge in [-0.2, -0.15) is 0 Å². The van der Waals surface area contributed by atoms with E-state index in [4.69, 9.17) is 4.74 Å². The highest BCUT2D eigenvalue weighted by atomic mass is 19.1. The molecule has 6 heteroatoms. The first-order valence-electron chi connectivity index (χ1n) is 9.27. The quantitative estimate of drug-likeness (QED) is 0.397. The van der Waals surface area contributed by atoms with Crippen LogP contribution in [0.2, 0.25) is 0 Å². The zero-order chi connectivity index (χ0) is 21.3. The number of amides is 1. The fourth-order valence-corrected chi connectivity index (χ4v) is 3.57. The van der Waals surface area contributed by atoms with Gasteiger partial charge in [0.15, 0.2) is 0 Å². The molecular weight excluding hydrogens is 385 g/mol. The van der Waals surface area contributed by atoms with Gasteiger partial charge in [-0.25, -0.2) is 4.39 Å². The van der Waals surface area contributed by atoms with Crippen molar-refractivity contribution in [3.05, 3.63) is 101 Å². The van der Waals surface area contributed by atoms with Gasteiger partial charge >= 0.3 is 0 Å². The van der Waals surface area contributed by atoms with Gasteiger partial charge in [0, 0.05) is 17.3 Å². The third-order valence-corrected chi connectivity index (χ3v) is 5.01. The van der Waals surface area contributed by atoms with E-state index in [1.54, 1.807) is 54.6 Å². The van der Waals surface area contributed by atoms with Crippen LogP contribution in [0.5, 0.6) is 5.75 Å². The van der Waals surface area contributed by atoms with E-state index in [9.17, 15) is 19.1 Å². The highest BCUT2D eigenvalue weighted by Gasteiger charge is 2.47. The van der Waals surface area contributed by atoms with Gasteiger partial charge in [0.1, 0.15) is 17.3 Å². The number of methoxy groups -OCH3 is 1. The molecule has 1 saturated heterocycles. The number of carbonyl (C=O) groups excluding carboxylic acids is 2. The van der Waals surface area contributed by atoms with Crippen LogP contribution in [0.4, 0.5) is 10.1 Å². The Morgan fingerprint density at radius 2 is 1.67 bits per heavy atom. The van der Waals surface area contributed by atoms with Crippen LogP contribution >= 0.6 is 0 Å². The van der Waals surface area contributed by atoms with E-state index < -0.39 is 23.5 Å². The summed E-state index contributed by atoms with van der Waals surface area (Å²) in [6.07, 6.45) is 0. The fourth-order valence-electron chi connectivity index (χ4n) is 3.57. The zero-order valence-corrected chi connectivity index (χ0v) is 16.1. The number of nitrogens with zero attached hydrogens (tertiary/aromatic N) is 1. The Morgan fingerprint density at radius 1 is 0.967 bits per heavy atom. The third kappa shape index (κ3) is 3.33. The van der Waals surface area contributed by atoms with Gasteiger partial charge in [-0.1, -0.05) is 48.5 Å². The molecule has 0 unspecified atom stereocenters. The highest BCUT2D eigenvalue weighted by Crippen LogP contribution is 2.42. The van der Waals surface area contributed by atoms with E-state index in [0.717, 1.165) is 0 Å². The lowest BCUT2D eigenvalue weighted by atomic mass is 9.95. The zero-order valence-electron chi connectivity index (χ0n) is 16.1.